The summed E-state index contributed by atoms with van der Waals surface area (Å²) in [6.45, 7) is 6.21. The zero-order valence-electron chi connectivity index (χ0n) is 13.7. The Morgan fingerprint density at radius 1 is 1.04 bits per heavy atom. The minimum absolute atomic E-state index is 0.0340. The predicted molar refractivity (Wildman–Crippen MR) is 92.8 cm³/mol. The molecule has 0 aliphatic carbocycles. The van der Waals surface area contributed by atoms with Crippen LogP contribution in [0.2, 0.25) is 0 Å². The minimum atomic E-state index is -0.0340. The van der Waals surface area contributed by atoms with Gasteiger partial charge < -0.3 is 5.32 Å². The summed E-state index contributed by atoms with van der Waals surface area (Å²) in [6.07, 6.45) is 1.81. The summed E-state index contributed by atoms with van der Waals surface area (Å²) in [5.41, 5.74) is 3.68. The Kier molecular flexibility index (Phi) is 4.15. The van der Waals surface area contributed by atoms with Crippen LogP contribution in [0.15, 0.2) is 54.9 Å². The van der Waals surface area contributed by atoms with Crippen molar-refractivity contribution < 1.29 is 4.79 Å². The number of aromatic nitrogens is 2. The zero-order chi connectivity index (χ0) is 16.4. The highest BCUT2D eigenvalue weighted by atomic mass is 16.1. The number of carbonyl (C=O) groups excluding carboxylic acids is 1. The van der Waals surface area contributed by atoms with Crippen molar-refractivity contribution >= 4 is 16.9 Å². The Labute approximate surface area is 136 Å². The molecule has 0 bridgehead atoms. The zero-order valence-corrected chi connectivity index (χ0v) is 13.7. The van der Waals surface area contributed by atoms with E-state index in [1.54, 1.807) is 6.33 Å². The van der Waals surface area contributed by atoms with Crippen LogP contribution < -0.4 is 5.32 Å². The second-order valence-electron chi connectivity index (χ2n) is 6.16. The average Bonchev–Trinajstić information content (AvgIpc) is 2.99. The smallest absolute Gasteiger partial charge is 0.251 e. The summed E-state index contributed by atoms with van der Waals surface area (Å²) < 4.78 is 2.02. The number of rotatable bonds is 4. The van der Waals surface area contributed by atoms with Crippen LogP contribution in [0.3, 0.4) is 0 Å². The number of nitrogens with one attached hydrogen (secondary N) is 1. The van der Waals surface area contributed by atoms with Gasteiger partial charge in [-0.25, -0.2) is 4.98 Å². The lowest BCUT2D eigenvalue weighted by Gasteiger charge is -2.17. The normalized spacial score (nSPS) is 12.5. The fraction of sp³-hybridized carbons (Fsp3) is 0.263. The van der Waals surface area contributed by atoms with E-state index in [1.165, 1.54) is 0 Å². The first-order valence-electron chi connectivity index (χ1n) is 7.89. The van der Waals surface area contributed by atoms with Gasteiger partial charge >= 0.3 is 0 Å². The summed E-state index contributed by atoms with van der Waals surface area (Å²) in [4.78, 5) is 16.6. The van der Waals surface area contributed by atoms with Crippen LogP contribution >= 0.6 is 0 Å². The fourth-order valence-electron chi connectivity index (χ4n) is 2.40. The van der Waals surface area contributed by atoms with Gasteiger partial charge in [0.1, 0.15) is 6.33 Å². The van der Waals surface area contributed by atoms with Crippen molar-refractivity contribution in [2.24, 2.45) is 5.92 Å². The van der Waals surface area contributed by atoms with Crippen LogP contribution in [0.25, 0.3) is 16.7 Å². The molecule has 0 saturated carbocycles. The average molecular weight is 307 g/mol. The van der Waals surface area contributed by atoms with Crippen molar-refractivity contribution in [1.82, 2.24) is 14.9 Å². The van der Waals surface area contributed by atoms with Crippen LogP contribution in [0, 0.1) is 5.92 Å². The van der Waals surface area contributed by atoms with Gasteiger partial charge in [-0.1, -0.05) is 26.0 Å². The highest BCUT2D eigenvalue weighted by Crippen LogP contribution is 2.18. The van der Waals surface area contributed by atoms with Gasteiger partial charge in [0.05, 0.1) is 11.0 Å². The molecule has 0 aliphatic rings. The first kappa shape index (κ1) is 15.3. The maximum absolute atomic E-state index is 12.2. The summed E-state index contributed by atoms with van der Waals surface area (Å²) in [5.74, 6) is 0.378. The number of benzene rings is 2. The largest absolute Gasteiger partial charge is 0.349 e. The van der Waals surface area contributed by atoms with Gasteiger partial charge in [0.2, 0.25) is 0 Å². The number of imidazole rings is 1. The predicted octanol–water partition coefficient (Wildman–Crippen LogP) is 3.80. The van der Waals surface area contributed by atoms with E-state index in [2.05, 4.69) is 24.1 Å². The van der Waals surface area contributed by atoms with Crippen molar-refractivity contribution in [3.63, 3.8) is 0 Å². The monoisotopic (exact) mass is 307 g/mol. The van der Waals surface area contributed by atoms with Crippen molar-refractivity contribution in [2.75, 3.05) is 0 Å². The molecule has 1 amide bonds. The molecule has 0 radical (unpaired) electrons. The van der Waals surface area contributed by atoms with Crippen LogP contribution in [-0.2, 0) is 0 Å². The van der Waals surface area contributed by atoms with E-state index in [9.17, 15) is 4.79 Å². The number of nitrogens with zero attached hydrogens (tertiary/aromatic N) is 2. The summed E-state index contributed by atoms with van der Waals surface area (Å²) in [5, 5.41) is 3.02. The summed E-state index contributed by atoms with van der Waals surface area (Å²) in [6, 6.07) is 15.7. The molecule has 0 spiro atoms. The van der Waals surface area contributed by atoms with Crippen molar-refractivity contribution in [1.29, 1.82) is 0 Å². The molecule has 3 aromatic rings. The molecule has 23 heavy (non-hydrogen) atoms. The number of carbonyl (C=O) groups is 1. The maximum atomic E-state index is 12.2. The Morgan fingerprint density at radius 3 is 2.43 bits per heavy atom. The number of hydrogen-bond donors (Lipinski definition) is 1. The number of fused-ring (bicyclic) bond motifs is 1. The van der Waals surface area contributed by atoms with E-state index in [-0.39, 0.29) is 11.9 Å². The Hall–Kier alpha value is -2.62. The molecule has 1 atom stereocenters. The molecule has 1 N–H and O–H groups in total. The third-order valence-electron chi connectivity index (χ3n) is 4.22. The van der Waals surface area contributed by atoms with Gasteiger partial charge in [0, 0.05) is 17.3 Å². The standard InChI is InChI=1S/C19H21N3O/c1-13(2)14(3)21-19(23)15-8-10-16(11-9-15)22-12-20-17-6-4-5-7-18(17)22/h4-14H,1-3H3,(H,21,23)/t14-/m1/s1. The van der Waals surface area contributed by atoms with Crippen molar-refractivity contribution in [2.45, 2.75) is 26.8 Å². The van der Waals surface area contributed by atoms with E-state index in [0.29, 0.717) is 11.5 Å². The number of amides is 1. The van der Waals surface area contributed by atoms with Gasteiger partial charge in [-0.05, 0) is 49.2 Å². The fourth-order valence-corrected chi connectivity index (χ4v) is 2.40. The Bertz CT molecular complexity index is 818. The van der Waals surface area contributed by atoms with Gasteiger partial charge in [-0.2, -0.15) is 0 Å². The van der Waals surface area contributed by atoms with Crippen LogP contribution in [0.4, 0.5) is 0 Å². The summed E-state index contributed by atoms with van der Waals surface area (Å²) >= 11 is 0. The topological polar surface area (TPSA) is 46.9 Å². The first-order valence-corrected chi connectivity index (χ1v) is 7.89. The number of hydrogen-bond acceptors (Lipinski definition) is 2. The van der Waals surface area contributed by atoms with Crippen LogP contribution in [-0.4, -0.2) is 21.5 Å². The SMILES string of the molecule is CC(C)[C@@H](C)NC(=O)c1ccc(-n2cnc3ccccc32)cc1. The van der Waals surface area contributed by atoms with E-state index < -0.39 is 0 Å². The van der Waals surface area contributed by atoms with Crippen molar-refractivity contribution in [3.05, 3.63) is 60.4 Å². The van der Waals surface area contributed by atoms with Gasteiger partial charge in [-0.3, -0.25) is 9.36 Å². The third kappa shape index (κ3) is 3.11. The lowest BCUT2D eigenvalue weighted by molar-refractivity contribution is 0.0930. The lowest BCUT2D eigenvalue weighted by atomic mass is 10.1. The molecular formula is C19H21N3O. The molecule has 0 saturated heterocycles. The molecule has 1 aromatic heterocycles. The number of para-hydroxylation sites is 2. The Morgan fingerprint density at radius 2 is 1.74 bits per heavy atom. The van der Waals surface area contributed by atoms with E-state index in [1.807, 2.05) is 60.0 Å². The van der Waals surface area contributed by atoms with Gasteiger partial charge in [0.25, 0.3) is 5.91 Å². The molecule has 0 fully saturated rings. The molecule has 4 heteroatoms. The van der Waals surface area contributed by atoms with E-state index >= 15 is 0 Å². The maximum Gasteiger partial charge on any atom is 0.251 e. The highest BCUT2D eigenvalue weighted by molar-refractivity contribution is 5.94. The van der Waals surface area contributed by atoms with Crippen LogP contribution in [0.1, 0.15) is 31.1 Å². The molecule has 0 aliphatic heterocycles. The molecule has 0 unspecified atom stereocenters. The highest BCUT2D eigenvalue weighted by Gasteiger charge is 2.12. The second kappa shape index (κ2) is 6.24. The van der Waals surface area contributed by atoms with E-state index in [0.717, 1.165) is 16.7 Å². The van der Waals surface area contributed by atoms with Gasteiger partial charge in [0.15, 0.2) is 0 Å². The molecule has 2 aromatic carbocycles. The lowest BCUT2D eigenvalue weighted by Crippen LogP contribution is -2.36. The molecular weight excluding hydrogens is 286 g/mol. The molecule has 1 heterocycles. The molecule has 3 rings (SSSR count). The molecule has 4 nitrogen and oxygen atoms in total. The Balaban J connectivity index is 1.83. The minimum Gasteiger partial charge on any atom is -0.349 e. The summed E-state index contributed by atoms with van der Waals surface area (Å²) in [7, 11) is 0. The first-order chi connectivity index (χ1) is 11.1. The quantitative estimate of drug-likeness (QED) is 0.797. The second-order valence-corrected chi connectivity index (χ2v) is 6.16. The van der Waals surface area contributed by atoms with Crippen LogP contribution in [0.5, 0.6) is 0 Å². The third-order valence-corrected chi connectivity index (χ3v) is 4.22. The van der Waals surface area contributed by atoms with Gasteiger partial charge in [-0.15, -0.1) is 0 Å². The molecule has 118 valence electrons. The van der Waals surface area contributed by atoms with E-state index in [4.69, 9.17) is 0 Å². The van der Waals surface area contributed by atoms with Crippen molar-refractivity contribution in [3.8, 4) is 5.69 Å².